The molecule has 0 saturated heterocycles. The van der Waals surface area contributed by atoms with Gasteiger partial charge in [0.25, 0.3) is 0 Å². The Kier molecular flexibility index (Phi) is 5.42. The molecule has 0 aliphatic rings. The Morgan fingerprint density at radius 2 is 1.06 bits per heavy atom. The summed E-state index contributed by atoms with van der Waals surface area (Å²) in [6, 6.07) is 7.38. The van der Waals surface area contributed by atoms with Gasteiger partial charge in [0.05, 0.1) is 25.4 Å². The number of aliphatic hydroxyl groups is 4. The van der Waals surface area contributed by atoms with Crippen molar-refractivity contribution in [1.82, 2.24) is 0 Å². The highest BCUT2D eigenvalue weighted by Crippen LogP contribution is 2.09. The van der Waals surface area contributed by atoms with Gasteiger partial charge in [0.2, 0.25) is 0 Å². The maximum Gasteiger partial charge on any atom is 0.0811 e. The average Bonchev–Trinajstić information content (AvgIpc) is 2.31. The van der Waals surface area contributed by atoms with Crippen molar-refractivity contribution in [1.29, 1.82) is 0 Å². The van der Waals surface area contributed by atoms with Crippen LogP contribution >= 0.6 is 0 Å². The van der Waals surface area contributed by atoms with Gasteiger partial charge in [0.1, 0.15) is 0 Å². The molecule has 0 aliphatic heterocycles. The second-order valence-electron chi connectivity index (χ2n) is 3.90. The summed E-state index contributed by atoms with van der Waals surface area (Å²) in [4.78, 5) is 0. The van der Waals surface area contributed by atoms with Crippen molar-refractivity contribution in [3.8, 4) is 0 Å². The molecule has 0 aromatic heterocycles. The smallest absolute Gasteiger partial charge is 0.0811 e. The van der Waals surface area contributed by atoms with Gasteiger partial charge in [-0.2, -0.15) is 0 Å². The molecule has 4 N–H and O–H groups in total. The van der Waals surface area contributed by atoms with E-state index in [4.69, 9.17) is 10.2 Å². The lowest BCUT2D eigenvalue weighted by Crippen LogP contribution is -2.16. The van der Waals surface area contributed by atoms with Crippen molar-refractivity contribution >= 4 is 0 Å². The first-order valence-corrected chi connectivity index (χ1v) is 5.31. The minimum atomic E-state index is -0.728. The fraction of sp³-hybridized carbons (Fsp3) is 0.500. The van der Waals surface area contributed by atoms with Gasteiger partial charge in [-0.25, -0.2) is 0 Å². The summed E-state index contributed by atoms with van der Waals surface area (Å²) < 4.78 is 0. The first-order chi connectivity index (χ1) is 7.65. The third kappa shape index (κ3) is 4.28. The van der Waals surface area contributed by atoms with Crippen LogP contribution in [0.15, 0.2) is 24.3 Å². The van der Waals surface area contributed by atoms with Crippen molar-refractivity contribution < 1.29 is 20.4 Å². The van der Waals surface area contributed by atoms with E-state index in [1.54, 1.807) is 0 Å². The van der Waals surface area contributed by atoms with Crippen LogP contribution in [0.2, 0.25) is 0 Å². The van der Waals surface area contributed by atoms with Crippen LogP contribution in [0, 0.1) is 0 Å². The van der Waals surface area contributed by atoms with E-state index in [0.717, 1.165) is 11.1 Å². The van der Waals surface area contributed by atoms with Gasteiger partial charge in [-0.1, -0.05) is 24.3 Å². The number of rotatable bonds is 6. The molecule has 90 valence electrons. The summed E-state index contributed by atoms with van der Waals surface area (Å²) in [5.74, 6) is 0. The molecule has 4 heteroatoms. The van der Waals surface area contributed by atoms with E-state index in [0.29, 0.717) is 12.8 Å². The zero-order chi connectivity index (χ0) is 12.0. The lowest BCUT2D eigenvalue weighted by molar-refractivity contribution is 0.0949. The van der Waals surface area contributed by atoms with Crippen LogP contribution in [0.4, 0.5) is 0 Å². The molecule has 16 heavy (non-hydrogen) atoms. The maximum absolute atomic E-state index is 9.24. The summed E-state index contributed by atoms with van der Waals surface area (Å²) in [5.41, 5.74) is 1.87. The van der Waals surface area contributed by atoms with Crippen molar-refractivity contribution in [2.24, 2.45) is 0 Å². The van der Waals surface area contributed by atoms with Gasteiger partial charge < -0.3 is 20.4 Å². The lowest BCUT2D eigenvalue weighted by atomic mass is 10.0. The minimum Gasteiger partial charge on any atom is -0.394 e. The number of aliphatic hydroxyl groups excluding tert-OH is 4. The molecule has 0 fully saturated rings. The van der Waals surface area contributed by atoms with Crippen LogP contribution in [0.5, 0.6) is 0 Å². The second kappa shape index (κ2) is 6.60. The first-order valence-electron chi connectivity index (χ1n) is 5.31. The van der Waals surface area contributed by atoms with E-state index in [9.17, 15) is 10.2 Å². The first kappa shape index (κ1) is 13.1. The largest absolute Gasteiger partial charge is 0.394 e. The van der Waals surface area contributed by atoms with E-state index >= 15 is 0 Å². The molecular weight excluding hydrogens is 208 g/mol. The fourth-order valence-corrected chi connectivity index (χ4v) is 1.48. The monoisotopic (exact) mass is 226 g/mol. The van der Waals surface area contributed by atoms with Crippen LogP contribution in [0.3, 0.4) is 0 Å². The molecule has 0 heterocycles. The highest BCUT2D eigenvalue weighted by Gasteiger charge is 2.06. The van der Waals surface area contributed by atoms with Gasteiger partial charge in [-0.05, 0) is 11.1 Å². The third-order valence-electron chi connectivity index (χ3n) is 2.39. The van der Waals surface area contributed by atoms with Crippen LogP contribution in [0.25, 0.3) is 0 Å². The molecule has 0 bridgehead atoms. The van der Waals surface area contributed by atoms with E-state index in [1.807, 2.05) is 24.3 Å². The topological polar surface area (TPSA) is 80.9 Å². The molecule has 4 nitrogen and oxygen atoms in total. The van der Waals surface area contributed by atoms with Gasteiger partial charge in [0.15, 0.2) is 0 Å². The second-order valence-corrected chi connectivity index (χ2v) is 3.90. The number of benzene rings is 1. The molecule has 1 aromatic carbocycles. The van der Waals surface area contributed by atoms with Gasteiger partial charge >= 0.3 is 0 Å². The zero-order valence-electron chi connectivity index (χ0n) is 9.08. The predicted octanol–water partition coefficient (Wildman–Crippen LogP) is -0.522. The molecule has 0 spiro atoms. The zero-order valence-corrected chi connectivity index (χ0v) is 9.08. The quantitative estimate of drug-likeness (QED) is 0.526. The van der Waals surface area contributed by atoms with E-state index in [-0.39, 0.29) is 13.2 Å². The van der Waals surface area contributed by atoms with Crippen LogP contribution in [-0.2, 0) is 12.8 Å². The Morgan fingerprint density at radius 3 is 1.31 bits per heavy atom. The van der Waals surface area contributed by atoms with E-state index in [2.05, 4.69) is 0 Å². The standard InChI is InChI=1S/C12H18O4/c13-7-11(15)5-9-1-2-10(4-3-9)6-12(16)8-14/h1-4,11-16H,5-8H2. The summed E-state index contributed by atoms with van der Waals surface area (Å²) in [6.45, 7) is -0.490. The van der Waals surface area contributed by atoms with Gasteiger partial charge in [0, 0.05) is 12.8 Å². The molecule has 0 aliphatic carbocycles. The Labute approximate surface area is 94.8 Å². The maximum atomic E-state index is 9.24. The SMILES string of the molecule is OCC(O)Cc1ccc(CC(O)CO)cc1. The van der Waals surface area contributed by atoms with E-state index < -0.39 is 12.2 Å². The van der Waals surface area contributed by atoms with Crippen LogP contribution in [-0.4, -0.2) is 45.8 Å². The summed E-state index contributed by atoms with van der Waals surface area (Å²) in [6.07, 6.45) is -0.624. The summed E-state index contributed by atoms with van der Waals surface area (Å²) >= 11 is 0. The van der Waals surface area contributed by atoms with Crippen LogP contribution < -0.4 is 0 Å². The summed E-state index contributed by atoms with van der Waals surface area (Å²) in [7, 11) is 0. The minimum absolute atomic E-state index is 0.245. The number of hydrogen-bond acceptors (Lipinski definition) is 4. The normalized spacial score (nSPS) is 14.8. The molecule has 2 atom stereocenters. The van der Waals surface area contributed by atoms with E-state index in [1.165, 1.54) is 0 Å². The third-order valence-corrected chi connectivity index (χ3v) is 2.39. The number of hydrogen-bond donors (Lipinski definition) is 4. The Morgan fingerprint density at radius 1 is 0.750 bits per heavy atom. The molecule has 2 unspecified atom stereocenters. The van der Waals surface area contributed by atoms with Gasteiger partial charge in [-0.3, -0.25) is 0 Å². The Balaban J connectivity index is 2.54. The molecular formula is C12H18O4. The van der Waals surface area contributed by atoms with Gasteiger partial charge in [-0.15, -0.1) is 0 Å². The average molecular weight is 226 g/mol. The molecule has 1 aromatic rings. The van der Waals surface area contributed by atoms with Crippen molar-refractivity contribution in [2.45, 2.75) is 25.0 Å². The van der Waals surface area contributed by atoms with Crippen LogP contribution in [0.1, 0.15) is 11.1 Å². The van der Waals surface area contributed by atoms with Crippen molar-refractivity contribution in [2.75, 3.05) is 13.2 Å². The molecule has 0 amide bonds. The molecule has 0 radical (unpaired) electrons. The van der Waals surface area contributed by atoms with Crippen molar-refractivity contribution in [3.63, 3.8) is 0 Å². The molecule has 1 rings (SSSR count). The Hall–Kier alpha value is -0.940. The highest BCUT2D eigenvalue weighted by atomic mass is 16.3. The summed E-state index contributed by atoms with van der Waals surface area (Å²) in [5, 5.41) is 35.9. The molecule has 0 saturated carbocycles. The lowest BCUT2D eigenvalue weighted by Gasteiger charge is -2.09. The van der Waals surface area contributed by atoms with Crippen molar-refractivity contribution in [3.05, 3.63) is 35.4 Å². The predicted molar refractivity (Wildman–Crippen MR) is 60.0 cm³/mol. The highest BCUT2D eigenvalue weighted by molar-refractivity contribution is 5.23. The fourth-order valence-electron chi connectivity index (χ4n) is 1.48. The Bertz CT molecular complexity index is 265.